The van der Waals surface area contributed by atoms with Crippen molar-refractivity contribution >= 4 is 12.3 Å². The predicted octanol–water partition coefficient (Wildman–Crippen LogP) is 2.77. The van der Waals surface area contributed by atoms with Crippen LogP contribution >= 0.6 is 0 Å². The monoisotopic (exact) mass is 248 g/mol. The Hall–Kier alpha value is -2.10. The minimum atomic E-state index is -0.473. The van der Waals surface area contributed by atoms with E-state index in [1.165, 1.54) is 13.0 Å². The third-order valence-corrected chi connectivity index (χ3v) is 2.11. The van der Waals surface area contributed by atoms with E-state index in [1.54, 1.807) is 12.1 Å². The van der Waals surface area contributed by atoms with Crippen molar-refractivity contribution in [3.63, 3.8) is 0 Å². The van der Waals surface area contributed by atoms with Crippen LogP contribution < -0.4 is 9.47 Å². The van der Waals surface area contributed by atoms with Crippen LogP contribution in [0.25, 0.3) is 0 Å². The Morgan fingerprint density at radius 3 is 2.56 bits per heavy atom. The molecule has 0 heterocycles. The zero-order valence-corrected chi connectivity index (χ0v) is 10.7. The van der Waals surface area contributed by atoms with Crippen LogP contribution in [0.15, 0.2) is 29.8 Å². The largest absolute Gasteiger partial charge is 0.489 e. The number of carbonyl (C=O) groups excluding carboxylic acids is 2. The molecule has 0 bridgehead atoms. The number of hydrogen-bond donors (Lipinski definition) is 0. The predicted molar refractivity (Wildman–Crippen MR) is 68.1 cm³/mol. The van der Waals surface area contributed by atoms with Crippen LogP contribution in [0.1, 0.15) is 31.1 Å². The van der Waals surface area contributed by atoms with E-state index < -0.39 is 5.97 Å². The molecule has 0 aromatic heterocycles. The van der Waals surface area contributed by atoms with Gasteiger partial charge in [-0.25, -0.2) is 0 Å². The van der Waals surface area contributed by atoms with Gasteiger partial charge in [0, 0.05) is 13.0 Å². The highest BCUT2D eigenvalue weighted by molar-refractivity contribution is 5.82. The molecule has 4 heteroatoms. The molecule has 4 nitrogen and oxygen atoms in total. The van der Waals surface area contributed by atoms with Gasteiger partial charge in [-0.1, -0.05) is 5.57 Å². The van der Waals surface area contributed by atoms with Gasteiger partial charge >= 0.3 is 5.97 Å². The van der Waals surface area contributed by atoms with E-state index in [0.29, 0.717) is 24.2 Å². The minimum Gasteiger partial charge on any atom is -0.489 e. The van der Waals surface area contributed by atoms with Gasteiger partial charge in [0.1, 0.15) is 18.1 Å². The average Bonchev–Trinajstić information content (AvgIpc) is 2.28. The van der Waals surface area contributed by atoms with Crippen LogP contribution in [-0.2, 0) is 4.79 Å². The summed E-state index contributed by atoms with van der Waals surface area (Å²) in [5.74, 6) is 0.293. The molecule has 0 aliphatic heterocycles. The van der Waals surface area contributed by atoms with E-state index in [9.17, 15) is 9.59 Å². The molecular formula is C14H16O4. The number of hydrogen-bond acceptors (Lipinski definition) is 4. The molecule has 1 rings (SSSR count). The van der Waals surface area contributed by atoms with Crippen molar-refractivity contribution in [3.8, 4) is 11.5 Å². The molecule has 0 aliphatic carbocycles. The summed E-state index contributed by atoms with van der Waals surface area (Å²) in [5, 5.41) is 0. The maximum Gasteiger partial charge on any atom is 0.308 e. The Morgan fingerprint density at radius 2 is 2.00 bits per heavy atom. The first kappa shape index (κ1) is 14.0. The lowest BCUT2D eigenvalue weighted by Gasteiger charge is -2.08. The summed E-state index contributed by atoms with van der Waals surface area (Å²) >= 11 is 0. The van der Waals surface area contributed by atoms with E-state index in [1.807, 2.05) is 19.9 Å². The second-order valence-electron chi connectivity index (χ2n) is 4.00. The Balaban J connectivity index is 2.85. The number of ether oxygens (including phenoxy) is 2. The van der Waals surface area contributed by atoms with Gasteiger partial charge < -0.3 is 9.47 Å². The molecule has 0 amide bonds. The molecule has 0 unspecified atom stereocenters. The summed E-state index contributed by atoms with van der Waals surface area (Å²) in [6.07, 6.45) is 2.57. The number of benzene rings is 1. The van der Waals surface area contributed by atoms with Crippen LogP contribution in [0.3, 0.4) is 0 Å². The lowest BCUT2D eigenvalue weighted by atomic mass is 10.2. The number of aldehydes is 1. The fourth-order valence-corrected chi connectivity index (χ4v) is 1.25. The molecule has 0 fully saturated rings. The molecule has 0 saturated heterocycles. The van der Waals surface area contributed by atoms with Crippen molar-refractivity contribution in [1.29, 1.82) is 0 Å². The molecule has 0 aliphatic rings. The van der Waals surface area contributed by atoms with E-state index in [0.717, 1.165) is 5.57 Å². The maximum atomic E-state index is 10.9. The Kier molecular flexibility index (Phi) is 5.11. The van der Waals surface area contributed by atoms with Crippen LogP contribution in [0, 0.1) is 0 Å². The standard InChI is InChI=1S/C14H16O4/c1-10(2)6-7-17-13-5-4-12(9-15)14(8-13)18-11(3)16/h4-6,8-9H,7H2,1-3H3. The summed E-state index contributed by atoms with van der Waals surface area (Å²) in [4.78, 5) is 21.7. The Morgan fingerprint density at radius 1 is 1.28 bits per heavy atom. The highest BCUT2D eigenvalue weighted by Gasteiger charge is 2.07. The quantitative estimate of drug-likeness (QED) is 0.348. The molecule has 0 N–H and O–H groups in total. The van der Waals surface area contributed by atoms with Crippen LogP contribution in [-0.4, -0.2) is 18.9 Å². The third-order valence-electron chi connectivity index (χ3n) is 2.11. The van der Waals surface area contributed by atoms with Gasteiger partial charge in [0.2, 0.25) is 0 Å². The maximum absolute atomic E-state index is 10.9. The highest BCUT2D eigenvalue weighted by Crippen LogP contribution is 2.24. The second-order valence-corrected chi connectivity index (χ2v) is 4.00. The molecule has 0 spiro atoms. The second kappa shape index (κ2) is 6.59. The van der Waals surface area contributed by atoms with Crippen LogP contribution in [0.4, 0.5) is 0 Å². The van der Waals surface area contributed by atoms with E-state index in [2.05, 4.69) is 0 Å². The summed E-state index contributed by atoms with van der Waals surface area (Å²) in [5.41, 5.74) is 1.47. The van der Waals surface area contributed by atoms with Gasteiger partial charge in [-0.15, -0.1) is 0 Å². The highest BCUT2D eigenvalue weighted by atomic mass is 16.5. The van der Waals surface area contributed by atoms with Crippen molar-refractivity contribution in [3.05, 3.63) is 35.4 Å². The minimum absolute atomic E-state index is 0.215. The summed E-state index contributed by atoms with van der Waals surface area (Å²) in [6.45, 7) is 5.67. The van der Waals surface area contributed by atoms with Crippen molar-refractivity contribution in [2.24, 2.45) is 0 Å². The number of allylic oxidation sites excluding steroid dienone is 1. The summed E-state index contributed by atoms with van der Waals surface area (Å²) in [6, 6.07) is 4.75. The van der Waals surface area contributed by atoms with Gasteiger partial charge in [-0.3, -0.25) is 9.59 Å². The molecular weight excluding hydrogens is 232 g/mol. The first-order valence-electron chi connectivity index (χ1n) is 5.56. The van der Waals surface area contributed by atoms with E-state index >= 15 is 0 Å². The number of rotatable bonds is 5. The number of carbonyl (C=O) groups is 2. The summed E-state index contributed by atoms with van der Waals surface area (Å²) < 4.78 is 10.4. The normalized spacial score (nSPS) is 9.50. The third kappa shape index (κ3) is 4.41. The fourth-order valence-electron chi connectivity index (χ4n) is 1.25. The molecule has 1 aromatic rings. The smallest absolute Gasteiger partial charge is 0.308 e. The van der Waals surface area contributed by atoms with Crippen molar-refractivity contribution in [2.75, 3.05) is 6.61 Å². The van der Waals surface area contributed by atoms with Gasteiger partial charge in [0.15, 0.2) is 6.29 Å². The Labute approximate surface area is 106 Å². The summed E-state index contributed by atoms with van der Waals surface area (Å²) in [7, 11) is 0. The van der Waals surface area contributed by atoms with Gasteiger partial charge in [-0.05, 0) is 32.1 Å². The molecule has 0 radical (unpaired) electrons. The van der Waals surface area contributed by atoms with E-state index in [4.69, 9.17) is 9.47 Å². The van der Waals surface area contributed by atoms with Crippen molar-refractivity contribution in [1.82, 2.24) is 0 Å². The SMILES string of the molecule is CC(=O)Oc1cc(OCC=C(C)C)ccc1C=O. The number of esters is 1. The lowest BCUT2D eigenvalue weighted by Crippen LogP contribution is -2.04. The first-order chi connectivity index (χ1) is 8.52. The molecule has 18 heavy (non-hydrogen) atoms. The van der Waals surface area contributed by atoms with Crippen LogP contribution in [0.5, 0.6) is 11.5 Å². The van der Waals surface area contributed by atoms with Gasteiger partial charge in [0.25, 0.3) is 0 Å². The Bertz CT molecular complexity index is 471. The van der Waals surface area contributed by atoms with Gasteiger partial charge in [-0.2, -0.15) is 0 Å². The molecule has 1 aromatic carbocycles. The van der Waals surface area contributed by atoms with Gasteiger partial charge in [0.05, 0.1) is 5.56 Å². The lowest BCUT2D eigenvalue weighted by molar-refractivity contribution is -0.131. The van der Waals surface area contributed by atoms with Crippen LogP contribution in [0.2, 0.25) is 0 Å². The van der Waals surface area contributed by atoms with Crippen molar-refractivity contribution in [2.45, 2.75) is 20.8 Å². The average molecular weight is 248 g/mol. The first-order valence-corrected chi connectivity index (χ1v) is 5.56. The molecule has 0 atom stereocenters. The van der Waals surface area contributed by atoms with E-state index in [-0.39, 0.29) is 5.75 Å². The molecule has 96 valence electrons. The topological polar surface area (TPSA) is 52.6 Å². The zero-order valence-electron chi connectivity index (χ0n) is 10.7. The van der Waals surface area contributed by atoms with Crippen molar-refractivity contribution < 1.29 is 19.1 Å². The fraction of sp³-hybridized carbons (Fsp3) is 0.286. The molecule has 0 saturated carbocycles. The zero-order chi connectivity index (χ0) is 13.5.